The van der Waals surface area contributed by atoms with Gasteiger partial charge in [0.1, 0.15) is 0 Å². The lowest BCUT2D eigenvalue weighted by molar-refractivity contribution is 0.174. The van der Waals surface area contributed by atoms with Crippen LogP contribution in [0.15, 0.2) is 36.7 Å². The van der Waals surface area contributed by atoms with Crippen molar-refractivity contribution in [3.05, 3.63) is 42.2 Å². The van der Waals surface area contributed by atoms with Crippen LogP contribution in [-0.2, 0) is 13.5 Å². The van der Waals surface area contributed by atoms with Crippen molar-refractivity contribution in [2.24, 2.45) is 7.05 Å². The van der Waals surface area contributed by atoms with Crippen LogP contribution in [0.4, 0.5) is 5.69 Å². The Morgan fingerprint density at radius 1 is 1.22 bits per heavy atom. The standard InChI is InChI=1S/C17H18N4O2/c1-20(14-5-7-18-17-13(14)10-19-21(17)2)8-6-12-3-4-15-16(9-12)23-11-22-15/h3-5,7,9-10H,6,8,11H2,1-2H3. The van der Waals surface area contributed by atoms with E-state index in [-0.39, 0.29) is 0 Å². The molecule has 3 aromatic rings. The van der Waals surface area contributed by atoms with E-state index >= 15 is 0 Å². The van der Waals surface area contributed by atoms with E-state index in [1.807, 2.05) is 31.6 Å². The van der Waals surface area contributed by atoms with Crippen molar-refractivity contribution in [3.63, 3.8) is 0 Å². The number of anilines is 1. The molecule has 0 radical (unpaired) electrons. The lowest BCUT2D eigenvalue weighted by atomic mass is 10.1. The number of hydrogen-bond acceptors (Lipinski definition) is 5. The number of hydrogen-bond donors (Lipinski definition) is 0. The van der Waals surface area contributed by atoms with Gasteiger partial charge in [0.05, 0.1) is 17.3 Å². The van der Waals surface area contributed by atoms with Crippen LogP contribution in [0.25, 0.3) is 11.0 Å². The van der Waals surface area contributed by atoms with Crippen LogP contribution >= 0.6 is 0 Å². The summed E-state index contributed by atoms with van der Waals surface area (Å²) in [5.41, 5.74) is 3.28. The fourth-order valence-electron chi connectivity index (χ4n) is 2.88. The molecule has 1 aliphatic rings. The molecule has 1 aliphatic heterocycles. The molecule has 6 heteroatoms. The molecule has 0 aliphatic carbocycles. The molecule has 0 unspecified atom stereocenters. The molecular formula is C17H18N4O2. The van der Waals surface area contributed by atoms with Crippen LogP contribution in [0.2, 0.25) is 0 Å². The molecule has 0 fully saturated rings. The van der Waals surface area contributed by atoms with Crippen molar-refractivity contribution in [1.29, 1.82) is 0 Å². The first-order chi connectivity index (χ1) is 11.2. The third-order valence-corrected chi connectivity index (χ3v) is 4.20. The summed E-state index contributed by atoms with van der Waals surface area (Å²) >= 11 is 0. The van der Waals surface area contributed by atoms with Crippen LogP contribution in [-0.4, -0.2) is 35.1 Å². The Morgan fingerprint density at radius 2 is 2.09 bits per heavy atom. The molecule has 0 N–H and O–H groups in total. The van der Waals surface area contributed by atoms with E-state index < -0.39 is 0 Å². The minimum absolute atomic E-state index is 0.314. The van der Waals surface area contributed by atoms with Crippen LogP contribution in [0.3, 0.4) is 0 Å². The van der Waals surface area contributed by atoms with Gasteiger partial charge in [-0.2, -0.15) is 5.10 Å². The third kappa shape index (κ3) is 2.46. The van der Waals surface area contributed by atoms with Crippen molar-refractivity contribution < 1.29 is 9.47 Å². The molecule has 0 atom stereocenters. The second-order valence-electron chi connectivity index (χ2n) is 5.69. The van der Waals surface area contributed by atoms with Gasteiger partial charge in [0.25, 0.3) is 0 Å². The Kier molecular flexibility index (Phi) is 3.29. The second kappa shape index (κ2) is 5.46. The summed E-state index contributed by atoms with van der Waals surface area (Å²) < 4.78 is 12.6. The summed E-state index contributed by atoms with van der Waals surface area (Å²) in [6.07, 6.45) is 4.63. The van der Waals surface area contributed by atoms with E-state index in [1.54, 1.807) is 4.68 Å². The second-order valence-corrected chi connectivity index (χ2v) is 5.69. The fourth-order valence-corrected chi connectivity index (χ4v) is 2.88. The topological polar surface area (TPSA) is 52.4 Å². The zero-order valence-corrected chi connectivity index (χ0v) is 13.2. The highest BCUT2D eigenvalue weighted by molar-refractivity contribution is 5.88. The Bertz CT molecular complexity index is 859. The number of nitrogens with zero attached hydrogens (tertiary/aromatic N) is 4. The maximum absolute atomic E-state index is 5.44. The van der Waals surface area contributed by atoms with Gasteiger partial charge >= 0.3 is 0 Å². The summed E-state index contributed by atoms with van der Waals surface area (Å²) in [4.78, 5) is 6.62. The first kappa shape index (κ1) is 13.9. The van der Waals surface area contributed by atoms with Crippen LogP contribution in [0.1, 0.15) is 5.56 Å². The molecule has 3 heterocycles. The predicted molar refractivity (Wildman–Crippen MR) is 88.0 cm³/mol. The number of fused-ring (bicyclic) bond motifs is 2. The maximum Gasteiger partial charge on any atom is 0.231 e. The van der Waals surface area contributed by atoms with Crippen molar-refractivity contribution in [2.75, 3.05) is 25.3 Å². The van der Waals surface area contributed by atoms with Gasteiger partial charge in [-0.1, -0.05) is 6.07 Å². The highest BCUT2D eigenvalue weighted by atomic mass is 16.7. The zero-order chi connectivity index (χ0) is 15.8. The van der Waals surface area contributed by atoms with E-state index in [9.17, 15) is 0 Å². The fraction of sp³-hybridized carbons (Fsp3) is 0.294. The van der Waals surface area contributed by atoms with Gasteiger partial charge in [0, 0.05) is 26.8 Å². The summed E-state index contributed by atoms with van der Waals surface area (Å²) in [5, 5.41) is 5.37. The van der Waals surface area contributed by atoms with E-state index in [1.165, 1.54) is 5.56 Å². The maximum atomic E-state index is 5.44. The minimum atomic E-state index is 0.314. The monoisotopic (exact) mass is 310 g/mol. The van der Waals surface area contributed by atoms with E-state index in [0.717, 1.165) is 41.2 Å². The van der Waals surface area contributed by atoms with E-state index in [2.05, 4.69) is 34.2 Å². The van der Waals surface area contributed by atoms with Crippen LogP contribution in [0.5, 0.6) is 11.5 Å². The number of aryl methyl sites for hydroxylation is 1. The molecule has 0 spiro atoms. The highest BCUT2D eigenvalue weighted by Crippen LogP contribution is 2.32. The summed E-state index contributed by atoms with van der Waals surface area (Å²) in [5.74, 6) is 1.66. The Hall–Kier alpha value is -2.76. The number of likely N-dealkylation sites (N-methyl/N-ethyl adjacent to an activating group) is 1. The van der Waals surface area contributed by atoms with Gasteiger partial charge in [-0.05, 0) is 30.2 Å². The van der Waals surface area contributed by atoms with Crippen LogP contribution < -0.4 is 14.4 Å². The van der Waals surface area contributed by atoms with Gasteiger partial charge in [0.15, 0.2) is 17.1 Å². The molecule has 4 rings (SSSR count). The number of pyridine rings is 1. The highest BCUT2D eigenvalue weighted by Gasteiger charge is 2.14. The molecule has 0 bridgehead atoms. The summed E-state index contributed by atoms with van der Waals surface area (Å²) in [6.45, 7) is 1.21. The number of rotatable bonds is 4. The van der Waals surface area contributed by atoms with Gasteiger partial charge < -0.3 is 14.4 Å². The predicted octanol–water partition coefficient (Wildman–Crippen LogP) is 2.38. The van der Waals surface area contributed by atoms with Gasteiger partial charge in [-0.15, -0.1) is 0 Å². The molecule has 0 saturated carbocycles. The Morgan fingerprint density at radius 3 is 3.00 bits per heavy atom. The average molecular weight is 310 g/mol. The van der Waals surface area contributed by atoms with Gasteiger partial charge in [0.2, 0.25) is 6.79 Å². The molecule has 2 aromatic heterocycles. The smallest absolute Gasteiger partial charge is 0.231 e. The first-order valence-electron chi connectivity index (χ1n) is 7.59. The first-order valence-corrected chi connectivity index (χ1v) is 7.59. The SMILES string of the molecule is CN(CCc1ccc2c(c1)OCO2)c1ccnc2c1cnn2C. The molecule has 118 valence electrons. The largest absolute Gasteiger partial charge is 0.454 e. The number of aromatic nitrogens is 3. The summed E-state index contributed by atoms with van der Waals surface area (Å²) in [6, 6.07) is 8.16. The molecule has 6 nitrogen and oxygen atoms in total. The molecule has 0 amide bonds. The van der Waals surface area contributed by atoms with E-state index in [0.29, 0.717) is 6.79 Å². The molecular weight excluding hydrogens is 292 g/mol. The van der Waals surface area contributed by atoms with Gasteiger partial charge in [-0.3, -0.25) is 4.68 Å². The Balaban J connectivity index is 1.52. The quantitative estimate of drug-likeness (QED) is 0.740. The van der Waals surface area contributed by atoms with E-state index in [4.69, 9.17) is 9.47 Å². The lowest BCUT2D eigenvalue weighted by Crippen LogP contribution is -2.20. The normalized spacial score (nSPS) is 12.8. The third-order valence-electron chi connectivity index (χ3n) is 4.20. The lowest BCUT2D eigenvalue weighted by Gasteiger charge is -2.20. The van der Waals surface area contributed by atoms with Crippen molar-refractivity contribution in [3.8, 4) is 11.5 Å². The van der Waals surface area contributed by atoms with Crippen molar-refractivity contribution >= 4 is 16.7 Å². The average Bonchev–Trinajstić information content (AvgIpc) is 3.19. The molecule has 0 saturated heterocycles. The minimum Gasteiger partial charge on any atom is -0.454 e. The molecule has 1 aromatic carbocycles. The summed E-state index contributed by atoms with van der Waals surface area (Å²) in [7, 11) is 4.00. The van der Waals surface area contributed by atoms with Crippen molar-refractivity contribution in [2.45, 2.75) is 6.42 Å². The van der Waals surface area contributed by atoms with Gasteiger partial charge in [-0.25, -0.2) is 4.98 Å². The number of benzene rings is 1. The number of ether oxygens (including phenoxy) is 2. The zero-order valence-electron chi connectivity index (χ0n) is 13.2. The van der Waals surface area contributed by atoms with Crippen LogP contribution in [0, 0.1) is 0 Å². The molecule has 23 heavy (non-hydrogen) atoms. The van der Waals surface area contributed by atoms with Crippen molar-refractivity contribution in [1.82, 2.24) is 14.8 Å². The Labute approximate surface area is 134 Å².